The van der Waals surface area contributed by atoms with E-state index in [0.717, 1.165) is 148 Å². The predicted octanol–water partition coefficient (Wildman–Crippen LogP) is 18.2. The molecule has 370 valence electrons. The van der Waals surface area contributed by atoms with Crippen LogP contribution in [-0.4, -0.2) is 28.2 Å². The maximum Gasteiger partial charge on any atom is 0.237 e. The highest BCUT2D eigenvalue weighted by atomic mass is 16.3. The zero-order valence-corrected chi connectivity index (χ0v) is 42.5. The van der Waals surface area contributed by atoms with E-state index in [9.17, 15) is 5.26 Å². The predicted molar refractivity (Wildman–Crippen MR) is 324 cm³/mol. The Kier molecular flexibility index (Phi) is 8.55. The van der Waals surface area contributed by atoms with Crippen LogP contribution in [0.4, 0.5) is 0 Å². The summed E-state index contributed by atoms with van der Waals surface area (Å²) in [5.41, 5.74) is 15.2. The summed E-state index contributed by atoms with van der Waals surface area (Å²) in [7, 11) is 0. The summed E-state index contributed by atoms with van der Waals surface area (Å²) < 4.78 is 24.0. The fourth-order valence-electron chi connectivity index (χ4n) is 13.2. The van der Waals surface area contributed by atoms with Crippen molar-refractivity contribution in [1.29, 1.82) is 5.26 Å². The van der Waals surface area contributed by atoms with E-state index in [4.69, 9.17) is 18.8 Å². The summed E-state index contributed by atoms with van der Waals surface area (Å²) >= 11 is 0. The molecule has 80 heavy (non-hydrogen) atoms. The van der Waals surface area contributed by atoms with E-state index in [1.807, 2.05) is 24.3 Å². The van der Waals surface area contributed by atoms with Crippen LogP contribution in [0.15, 0.2) is 245 Å². The van der Waals surface area contributed by atoms with Gasteiger partial charge in [0.05, 0.1) is 55.9 Å². The number of nitrogens with zero attached hydrogens (tertiary/aromatic N) is 7. The number of para-hydroxylation sites is 6. The topological polar surface area (TPSA) is 95.6 Å². The average molecular weight is 1020 g/mol. The molecule has 0 spiro atoms. The van der Waals surface area contributed by atoms with Gasteiger partial charge >= 0.3 is 0 Å². The maximum atomic E-state index is 9.95. The Balaban J connectivity index is 0.959. The minimum absolute atomic E-state index is 0.460. The second kappa shape index (κ2) is 15.9. The van der Waals surface area contributed by atoms with Crippen LogP contribution in [0.1, 0.15) is 5.56 Å². The summed E-state index contributed by atoms with van der Waals surface area (Å²) in [4.78, 5) is 11.3. The molecule has 9 nitrogen and oxygen atoms in total. The highest BCUT2D eigenvalue weighted by molar-refractivity contribution is 6.28. The van der Waals surface area contributed by atoms with Gasteiger partial charge in [0.1, 0.15) is 11.3 Å². The minimum atomic E-state index is 0.460. The van der Waals surface area contributed by atoms with Crippen molar-refractivity contribution in [2.75, 3.05) is 0 Å². The zero-order chi connectivity index (χ0) is 52.3. The smallest absolute Gasteiger partial charge is 0.237 e. The van der Waals surface area contributed by atoms with Crippen molar-refractivity contribution in [1.82, 2.24) is 28.2 Å². The first-order chi connectivity index (χ1) is 39.7. The first-order valence-electron chi connectivity index (χ1n) is 26.8. The number of hydrogen-bond acceptors (Lipinski definition) is 5. The van der Waals surface area contributed by atoms with Gasteiger partial charge in [-0.1, -0.05) is 146 Å². The fourth-order valence-corrected chi connectivity index (χ4v) is 13.2. The number of benzene rings is 11. The molecule has 7 heterocycles. The standard InChI is InChI=1S/C71H39N7O2/c72-40-41-27-29-42(30-28-41)57-39-62(77-60-25-13-9-21-47(60)51-33-37-55-53-35-31-49-45-19-7-11-23-58(45)75(43-15-3-1-4-16-43)63(49)67(53)79-69(55)65(51)77)74-71(73-57)78-61-26-14-10-22-48(61)52-34-38-56-54-36-32-50-46-20-8-12-24-59(46)76(44-17-5-2-6-18-44)64(50)68(54)80-70(56)66(52)78/h1-39H. The molecule has 11 aromatic carbocycles. The van der Waals surface area contributed by atoms with Crippen molar-refractivity contribution in [3.05, 3.63) is 242 Å². The Hall–Kier alpha value is -11.2. The molecule has 0 radical (unpaired) electrons. The summed E-state index contributed by atoms with van der Waals surface area (Å²) in [6, 6.07) is 84.9. The summed E-state index contributed by atoms with van der Waals surface area (Å²) in [5, 5.41) is 22.7. The molecule has 0 aliphatic carbocycles. The van der Waals surface area contributed by atoms with E-state index in [1.54, 1.807) is 0 Å². The summed E-state index contributed by atoms with van der Waals surface area (Å²) in [6.07, 6.45) is 0. The lowest BCUT2D eigenvalue weighted by Crippen LogP contribution is -2.07. The third-order valence-corrected chi connectivity index (χ3v) is 16.6. The van der Waals surface area contributed by atoms with Crippen LogP contribution in [0.3, 0.4) is 0 Å². The van der Waals surface area contributed by atoms with E-state index < -0.39 is 0 Å². The van der Waals surface area contributed by atoms with E-state index in [0.29, 0.717) is 23.0 Å². The van der Waals surface area contributed by atoms with Crippen molar-refractivity contribution in [3.8, 4) is 40.5 Å². The molecule has 0 saturated heterocycles. The van der Waals surface area contributed by atoms with Gasteiger partial charge in [-0.05, 0) is 84.9 Å². The molecule has 0 atom stereocenters. The first-order valence-corrected chi connectivity index (χ1v) is 26.8. The second-order valence-corrected chi connectivity index (χ2v) is 20.7. The molecule has 0 unspecified atom stereocenters. The quantitative estimate of drug-likeness (QED) is 0.171. The van der Waals surface area contributed by atoms with Gasteiger partial charge < -0.3 is 18.0 Å². The SMILES string of the molecule is N#Cc1ccc(-c2cc(-n3c4ccccc4c4ccc5c6ccc7c8ccccc8n(-c8ccccc8)c7c6oc5c43)nc(-n3c4ccccc4c4ccc5c6ccc7c8ccccc8n(-c8ccccc8)c7c6oc5c43)n2)cc1. The van der Waals surface area contributed by atoms with Gasteiger partial charge in [-0.25, -0.2) is 4.98 Å². The maximum absolute atomic E-state index is 9.95. The van der Waals surface area contributed by atoms with E-state index in [-0.39, 0.29) is 0 Å². The van der Waals surface area contributed by atoms with Crippen molar-refractivity contribution in [2.24, 2.45) is 0 Å². The molecule has 0 bridgehead atoms. The Morgan fingerprint density at radius 2 is 0.662 bits per heavy atom. The largest absolute Gasteiger partial charge is 0.452 e. The number of nitriles is 1. The molecule has 9 heteroatoms. The van der Waals surface area contributed by atoms with Crippen molar-refractivity contribution >= 4 is 131 Å². The van der Waals surface area contributed by atoms with Gasteiger partial charge in [-0.3, -0.25) is 9.13 Å². The third kappa shape index (κ3) is 5.72. The van der Waals surface area contributed by atoms with Gasteiger partial charge in [-0.15, -0.1) is 0 Å². The minimum Gasteiger partial charge on any atom is -0.452 e. The van der Waals surface area contributed by atoms with Crippen LogP contribution in [0.5, 0.6) is 0 Å². The molecule has 0 aliphatic rings. The number of fused-ring (bicyclic) bond motifs is 22. The molecule has 0 fully saturated rings. The lowest BCUT2D eigenvalue weighted by molar-refractivity contribution is 0.673. The highest BCUT2D eigenvalue weighted by Gasteiger charge is 2.27. The van der Waals surface area contributed by atoms with E-state index in [2.05, 4.69) is 237 Å². The Morgan fingerprint density at radius 1 is 0.312 bits per heavy atom. The molecule has 0 saturated carbocycles. The molecule has 7 aromatic heterocycles. The third-order valence-electron chi connectivity index (χ3n) is 16.6. The van der Waals surface area contributed by atoms with E-state index >= 15 is 0 Å². The van der Waals surface area contributed by atoms with Gasteiger partial charge in [0.15, 0.2) is 22.3 Å². The molecule has 0 aliphatic heterocycles. The van der Waals surface area contributed by atoms with Crippen molar-refractivity contribution < 1.29 is 8.83 Å². The average Bonchev–Trinajstić information content (AvgIpc) is 4.42. The number of furan rings is 2. The fraction of sp³-hybridized carbons (Fsp3) is 0. The number of aromatic nitrogens is 6. The van der Waals surface area contributed by atoms with Crippen molar-refractivity contribution in [3.63, 3.8) is 0 Å². The van der Waals surface area contributed by atoms with Gasteiger partial charge in [0, 0.05) is 87.6 Å². The molecular weight excluding hydrogens is 983 g/mol. The number of hydrogen-bond donors (Lipinski definition) is 0. The van der Waals surface area contributed by atoms with Crippen LogP contribution < -0.4 is 0 Å². The van der Waals surface area contributed by atoms with Crippen LogP contribution in [-0.2, 0) is 0 Å². The van der Waals surface area contributed by atoms with Gasteiger partial charge in [0.2, 0.25) is 5.95 Å². The van der Waals surface area contributed by atoms with Crippen LogP contribution in [0.25, 0.3) is 165 Å². The summed E-state index contributed by atoms with van der Waals surface area (Å²) in [5.74, 6) is 1.11. The first kappa shape index (κ1) is 43.0. The second-order valence-electron chi connectivity index (χ2n) is 20.7. The summed E-state index contributed by atoms with van der Waals surface area (Å²) in [6.45, 7) is 0. The zero-order valence-electron chi connectivity index (χ0n) is 42.5. The lowest BCUT2D eigenvalue weighted by Gasteiger charge is -2.14. The van der Waals surface area contributed by atoms with Crippen LogP contribution in [0, 0.1) is 11.3 Å². The van der Waals surface area contributed by atoms with Crippen molar-refractivity contribution in [2.45, 2.75) is 0 Å². The monoisotopic (exact) mass is 1020 g/mol. The number of rotatable bonds is 5. The molecule has 0 amide bonds. The highest BCUT2D eigenvalue weighted by Crippen LogP contribution is 2.47. The van der Waals surface area contributed by atoms with E-state index in [1.165, 1.54) is 0 Å². The van der Waals surface area contributed by atoms with Gasteiger partial charge in [0.25, 0.3) is 0 Å². The van der Waals surface area contributed by atoms with Gasteiger partial charge in [-0.2, -0.15) is 10.2 Å². The Labute approximate surface area is 453 Å². The normalized spacial score (nSPS) is 12.2. The van der Waals surface area contributed by atoms with Crippen LogP contribution in [0.2, 0.25) is 0 Å². The molecule has 0 N–H and O–H groups in total. The lowest BCUT2D eigenvalue weighted by atomic mass is 10.1. The molecular formula is C71H39N7O2. The Morgan fingerprint density at radius 3 is 1.09 bits per heavy atom. The van der Waals surface area contributed by atoms with Crippen LogP contribution >= 0.6 is 0 Å². The molecule has 18 rings (SSSR count). The Bertz CT molecular complexity index is 5400. The molecule has 18 aromatic rings.